The van der Waals surface area contributed by atoms with Crippen LogP contribution in [-0.4, -0.2) is 22.0 Å². The summed E-state index contributed by atoms with van der Waals surface area (Å²) in [5.74, 6) is 4.61. The number of aromatic nitrogens is 2. The molecule has 0 atom stereocenters. The van der Waals surface area contributed by atoms with E-state index < -0.39 is 17.4 Å². The Bertz CT molecular complexity index is 634. The van der Waals surface area contributed by atoms with Crippen molar-refractivity contribution >= 4 is 17.5 Å². The Kier molecular flexibility index (Phi) is 4.92. The Hall–Kier alpha value is -2.22. The molecule has 1 aliphatic carbocycles. The van der Waals surface area contributed by atoms with Crippen LogP contribution in [0.25, 0.3) is 0 Å². The van der Waals surface area contributed by atoms with Crippen molar-refractivity contribution in [2.24, 2.45) is 11.6 Å². The van der Waals surface area contributed by atoms with Gasteiger partial charge in [0.25, 0.3) is 11.5 Å². The molecule has 8 nitrogen and oxygen atoms in total. The van der Waals surface area contributed by atoms with Crippen molar-refractivity contribution in [1.29, 1.82) is 0 Å². The van der Waals surface area contributed by atoms with Crippen LogP contribution in [0.5, 0.6) is 0 Å². The van der Waals surface area contributed by atoms with E-state index in [0.717, 1.165) is 37.1 Å². The molecule has 0 unspecified atom stereocenters. The van der Waals surface area contributed by atoms with Crippen LogP contribution in [0.4, 0.5) is 5.69 Å². The van der Waals surface area contributed by atoms with Crippen LogP contribution in [0.1, 0.15) is 67.4 Å². The van der Waals surface area contributed by atoms with Crippen LogP contribution in [0.3, 0.4) is 0 Å². The summed E-state index contributed by atoms with van der Waals surface area (Å²) < 4.78 is 0. The number of H-pyrrole nitrogens is 1. The van der Waals surface area contributed by atoms with Gasteiger partial charge in [0.05, 0.1) is 0 Å². The third kappa shape index (κ3) is 3.01. The number of amides is 2. The van der Waals surface area contributed by atoms with Gasteiger partial charge in [0.2, 0.25) is 5.91 Å². The fraction of sp³-hybridized carbons (Fsp3) is 0.571. The minimum absolute atomic E-state index is 0.0115. The monoisotopic (exact) mass is 307 g/mol. The molecule has 1 aromatic rings. The Balaban J connectivity index is 2.63. The van der Waals surface area contributed by atoms with Crippen LogP contribution in [0, 0.1) is 0 Å². The molecule has 0 aromatic carbocycles. The van der Waals surface area contributed by atoms with E-state index in [4.69, 9.17) is 11.6 Å². The summed E-state index contributed by atoms with van der Waals surface area (Å²) in [5.41, 5.74) is 5.17. The van der Waals surface area contributed by atoms with E-state index in [0.29, 0.717) is 5.56 Å². The molecule has 0 bridgehead atoms. The molecule has 0 aliphatic heterocycles. The zero-order valence-corrected chi connectivity index (χ0v) is 12.6. The molecule has 1 aliphatic rings. The number of nitrogens with one attached hydrogen (secondary N) is 1. The van der Waals surface area contributed by atoms with E-state index in [2.05, 4.69) is 10.2 Å². The molecule has 0 saturated heterocycles. The van der Waals surface area contributed by atoms with Gasteiger partial charge in [0.1, 0.15) is 5.69 Å². The quantitative estimate of drug-likeness (QED) is 0.423. The Morgan fingerprint density at radius 3 is 2.50 bits per heavy atom. The van der Waals surface area contributed by atoms with Gasteiger partial charge in [-0.1, -0.05) is 26.2 Å². The largest absolute Gasteiger partial charge is 0.364 e. The van der Waals surface area contributed by atoms with Gasteiger partial charge >= 0.3 is 0 Å². The lowest BCUT2D eigenvalue weighted by Crippen LogP contribution is -2.43. The van der Waals surface area contributed by atoms with E-state index in [9.17, 15) is 14.4 Å². The molecule has 0 radical (unpaired) electrons. The second kappa shape index (κ2) is 6.69. The van der Waals surface area contributed by atoms with Gasteiger partial charge in [-0.25, -0.2) is 16.0 Å². The van der Waals surface area contributed by atoms with Gasteiger partial charge in [0.15, 0.2) is 5.69 Å². The highest BCUT2D eigenvalue weighted by Crippen LogP contribution is 2.37. The molecule has 1 fully saturated rings. The summed E-state index contributed by atoms with van der Waals surface area (Å²) in [6, 6.07) is 0. The van der Waals surface area contributed by atoms with Gasteiger partial charge in [-0.05, 0) is 18.8 Å². The molecule has 120 valence electrons. The SMILES string of the molecule is CCC(=O)N(N)c1c(C2CCCCC2)c(C(N)=O)n[nH]c1=O. The number of aromatic amines is 1. The van der Waals surface area contributed by atoms with Gasteiger partial charge < -0.3 is 5.73 Å². The molecule has 2 amide bonds. The molecule has 1 heterocycles. The van der Waals surface area contributed by atoms with Gasteiger partial charge in [0, 0.05) is 12.0 Å². The first-order valence-corrected chi connectivity index (χ1v) is 7.47. The van der Waals surface area contributed by atoms with Crippen molar-refractivity contribution in [3.8, 4) is 0 Å². The van der Waals surface area contributed by atoms with E-state index in [1.807, 2.05) is 0 Å². The maximum Gasteiger partial charge on any atom is 0.289 e. The molecule has 2 rings (SSSR count). The number of carbonyl (C=O) groups is 2. The zero-order chi connectivity index (χ0) is 16.3. The molecule has 5 N–H and O–H groups in total. The summed E-state index contributed by atoms with van der Waals surface area (Å²) in [5, 5.41) is 6.80. The zero-order valence-electron chi connectivity index (χ0n) is 12.6. The lowest BCUT2D eigenvalue weighted by atomic mass is 9.82. The van der Waals surface area contributed by atoms with Crippen molar-refractivity contribution in [1.82, 2.24) is 10.2 Å². The minimum Gasteiger partial charge on any atom is -0.364 e. The number of primary amides is 1. The third-order valence-electron chi connectivity index (χ3n) is 4.05. The van der Waals surface area contributed by atoms with Crippen LogP contribution in [-0.2, 0) is 4.79 Å². The number of hydrogen-bond acceptors (Lipinski definition) is 5. The molecular formula is C14H21N5O3. The Morgan fingerprint density at radius 1 is 1.32 bits per heavy atom. The van der Waals surface area contributed by atoms with E-state index >= 15 is 0 Å². The van der Waals surface area contributed by atoms with Gasteiger partial charge in [-0.15, -0.1) is 0 Å². The fourth-order valence-electron chi connectivity index (χ4n) is 2.95. The van der Waals surface area contributed by atoms with Crippen LogP contribution in [0.2, 0.25) is 0 Å². The fourth-order valence-corrected chi connectivity index (χ4v) is 2.95. The number of hydrazine groups is 1. The normalized spacial score (nSPS) is 15.5. The average molecular weight is 307 g/mol. The van der Waals surface area contributed by atoms with Crippen LogP contribution >= 0.6 is 0 Å². The molecule has 22 heavy (non-hydrogen) atoms. The topological polar surface area (TPSA) is 135 Å². The average Bonchev–Trinajstić information content (AvgIpc) is 2.53. The Morgan fingerprint density at radius 2 is 1.95 bits per heavy atom. The van der Waals surface area contributed by atoms with Gasteiger partial charge in [-0.2, -0.15) is 5.10 Å². The lowest BCUT2D eigenvalue weighted by molar-refractivity contribution is -0.118. The summed E-state index contributed by atoms with van der Waals surface area (Å²) >= 11 is 0. The highest BCUT2D eigenvalue weighted by atomic mass is 16.2. The smallest absolute Gasteiger partial charge is 0.289 e. The highest BCUT2D eigenvalue weighted by molar-refractivity contribution is 5.97. The molecular weight excluding hydrogens is 286 g/mol. The van der Waals surface area contributed by atoms with Crippen molar-refractivity contribution < 1.29 is 9.59 Å². The summed E-state index contributed by atoms with van der Waals surface area (Å²) in [6.45, 7) is 1.65. The molecule has 1 saturated carbocycles. The van der Waals surface area contributed by atoms with Crippen molar-refractivity contribution in [3.63, 3.8) is 0 Å². The van der Waals surface area contributed by atoms with Crippen molar-refractivity contribution in [2.45, 2.75) is 51.4 Å². The second-order valence-corrected chi connectivity index (χ2v) is 5.48. The second-order valence-electron chi connectivity index (χ2n) is 5.48. The lowest BCUT2D eigenvalue weighted by Gasteiger charge is -2.27. The summed E-state index contributed by atoms with van der Waals surface area (Å²) in [4.78, 5) is 35.8. The molecule has 1 aromatic heterocycles. The predicted molar refractivity (Wildman–Crippen MR) is 81.2 cm³/mol. The maximum atomic E-state index is 12.2. The summed E-state index contributed by atoms with van der Waals surface area (Å²) in [7, 11) is 0. The highest BCUT2D eigenvalue weighted by Gasteiger charge is 2.30. The van der Waals surface area contributed by atoms with E-state index in [-0.39, 0.29) is 23.7 Å². The van der Waals surface area contributed by atoms with Crippen LogP contribution < -0.4 is 22.1 Å². The number of carbonyl (C=O) groups excluding carboxylic acids is 2. The van der Waals surface area contributed by atoms with Crippen molar-refractivity contribution in [2.75, 3.05) is 5.01 Å². The summed E-state index contributed by atoms with van der Waals surface area (Å²) in [6.07, 6.45) is 4.85. The number of nitrogens with two attached hydrogens (primary N) is 2. The minimum atomic E-state index is -0.740. The first-order chi connectivity index (χ1) is 10.5. The molecule has 8 heteroatoms. The Labute approximate surface area is 127 Å². The third-order valence-corrected chi connectivity index (χ3v) is 4.05. The first-order valence-electron chi connectivity index (χ1n) is 7.47. The first kappa shape index (κ1) is 16.2. The number of rotatable bonds is 4. The number of nitrogens with zero attached hydrogens (tertiary/aromatic N) is 2. The number of anilines is 1. The molecule has 0 spiro atoms. The number of hydrogen-bond donors (Lipinski definition) is 3. The van der Waals surface area contributed by atoms with Crippen LogP contribution in [0.15, 0.2) is 4.79 Å². The van der Waals surface area contributed by atoms with E-state index in [1.54, 1.807) is 6.92 Å². The van der Waals surface area contributed by atoms with E-state index in [1.165, 1.54) is 0 Å². The van der Waals surface area contributed by atoms with Gasteiger partial charge in [-0.3, -0.25) is 14.4 Å². The van der Waals surface area contributed by atoms with Crippen molar-refractivity contribution in [3.05, 3.63) is 21.6 Å². The predicted octanol–water partition coefficient (Wildman–Crippen LogP) is 0.533. The maximum absolute atomic E-state index is 12.2. The standard InChI is InChI=1S/C14H21N5O3/c1-2-9(20)19(16)12-10(8-6-4-3-5-7-8)11(13(15)21)17-18-14(12)22/h8H,2-7,16H2,1H3,(H2,15,21)(H,18,22).